The largest absolute Gasteiger partial charge is 0.507 e. The number of fused-ring (bicyclic) bond motifs is 1. The van der Waals surface area contributed by atoms with E-state index in [1.807, 2.05) is 6.92 Å². The number of nitrogens with one attached hydrogen (secondary N) is 1. The maximum atomic E-state index is 12.9. The number of pyridine rings is 1. The van der Waals surface area contributed by atoms with Crippen LogP contribution in [0.4, 0.5) is 5.69 Å². The molecule has 1 aliphatic rings. The minimum absolute atomic E-state index is 0.169. The van der Waals surface area contributed by atoms with Crippen molar-refractivity contribution in [2.75, 3.05) is 12.4 Å². The fraction of sp³-hybridized carbons (Fsp3) is 0.400. The number of ether oxygens (including phenoxy) is 1. The molecular weight excluding hydrogens is 332 g/mol. The Balaban J connectivity index is 2.04. The quantitative estimate of drug-likeness (QED) is 0.863. The number of carbonyl (C=O) groups excluding carboxylic acids is 1. The molecule has 138 valence electrons. The van der Waals surface area contributed by atoms with Gasteiger partial charge >= 0.3 is 0 Å². The summed E-state index contributed by atoms with van der Waals surface area (Å²) in [5.74, 6) is -0.169. The summed E-state index contributed by atoms with van der Waals surface area (Å²) in [6.07, 6.45) is 4.17. The lowest BCUT2D eigenvalue weighted by molar-refractivity contribution is 0.102. The minimum atomic E-state index is -0.598. The molecule has 2 N–H and O–H groups in total. The third-order valence-corrected chi connectivity index (χ3v) is 4.75. The average molecular weight is 356 g/mol. The van der Waals surface area contributed by atoms with Crippen LogP contribution in [0.15, 0.2) is 29.1 Å². The number of amides is 1. The van der Waals surface area contributed by atoms with Crippen LogP contribution in [0.1, 0.15) is 47.8 Å². The van der Waals surface area contributed by atoms with Gasteiger partial charge in [-0.05, 0) is 44.2 Å². The molecule has 0 unspecified atom stereocenters. The van der Waals surface area contributed by atoms with Crippen LogP contribution >= 0.6 is 0 Å². The number of aromatic nitrogens is 1. The molecular formula is C20H24N2O4. The second-order valence-corrected chi connectivity index (χ2v) is 6.50. The van der Waals surface area contributed by atoms with Gasteiger partial charge in [0.2, 0.25) is 0 Å². The molecule has 1 aromatic carbocycles. The Morgan fingerprint density at radius 1 is 1.31 bits per heavy atom. The van der Waals surface area contributed by atoms with E-state index in [9.17, 15) is 14.7 Å². The number of hydrogen-bond donors (Lipinski definition) is 2. The third kappa shape index (κ3) is 3.31. The van der Waals surface area contributed by atoms with E-state index in [1.54, 1.807) is 35.9 Å². The molecule has 0 bridgehead atoms. The molecule has 26 heavy (non-hydrogen) atoms. The van der Waals surface area contributed by atoms with Gasteiger partial charge in [0, 0.05) is 29.6 Å². The Kier molecular flexibility index (Phi) is 5.30. The van der Waals surface area contributed by atoms with Crippen molar-refractivity contribution in [3.8, 4) is 11.5 Å². The SMILES string of the molecule is CCCn1c2c(c(O)c(C(=O)Nc3cccc(OC)c3)c1=O)CCCC2. The van der Waals surface area contributed by atoms with Gasteiger partial charge in [0.15, 0.2) is 0 Å². The number of methoxy groups -OCH3 is 1. The minimum Gasteiger partial charge on any atom is -0.507 e. The van der Waals surface area contributed by atoms with Crippen molar-refractivity contribution in [1.82, 2.24) is 4.57 Å². The summed E-state index contributed by atoms with van der Waals surface area (Å²) in [4.78, 5) is 25.7. The second kappa shape index (κ2) is 7.64. The summed E-state index contributed by atoms with van der Waals surface area (Å²) < 4.78 is 6.81. The van der Waals surface area contributed by atoms with Gasteiger partial charge in [0.05, 0.1) is 7.11 Å². The Morgan fingerprint density at radius 3 is 2.81 bits per heavy atom. The molecule has 0 spiro atoms. The second-order valence-electron chi connectivity index (χ2n) is 6.50. The van der Waals surface area contributed by atoms with Crippen molar-refractivity contribution in [2.24, 2.45) is 0 Å². The number of nitrogens with zero attached hydrogens (tertiary/aromatic N) is 1. The smallest absolute Gasteiger partial charge is 0.267 e. The lowest BCUT2D eigenvalue weighted by atomic mass is 9.93. The van der Waals surface area contributed by atoms with Crippen LogP contribution in [0.3, 0.4) is 0 Å². The van der Waals surface area contributed by atoms with E-state index < -0.39 is 11.5 Å². The third-order valence-electron chi connectivity index (χ3n) is 4.75. The van der Waals surface area contributed by atoms with E-state index in [-0.39, 0.29) is 11.3 Å². The van der Waals surface area contributed by atoms with Gasteiger partial charge in [-0.1, -0.05) is 13.0 Å². The molecule has 0 saturated heterocycles. The number of carbonyl (C=O) groups is 1. The number of aromatic hydroxyl groups is 1. The fourth-order valence-corrected chi connectivity index (χ4v) is 3.51. The van der Waals surface area contributed by atoms with Crippen molar-refractivity contribution in [2.45, 2.75) is 45.6 Å². The van der Waals surface area contributed by atoms with Gasteiger partial charge in [0.1, 0.15) is 17.1 Å². The number of benzene rings is 1. The highest BCUT2D eigenvalue weighted by Gasteiger charge is 2.27. The average Bonchev–Trinajstić information content (AvgIpc) is 2.65. The van der Waals surface area contributed by atoms with Gasteiger partial charge in [0.25, 0.3) is 11.5 Å². The Bertz CT molecular complexity index is 886. The molecule has 1 amide bonds. The number of hydrogen-bond acceptors (Lipinski definition) is 4. The molecule has 0 aliphatic heterocycles. The van der Waals surface area contributed by atoms with Crippen molar-refractivity contribution < 1.29 is 14.6 Å². The molecule has 1 heterocycles. The maximum absolute atomic E-state index is 12.9. The van der Waals surface area contributed by atoms with Crippen LogP contribution in [-0.2, 0) is 19.4 Å². The van der Waals surface area contributed by atoms with Crippen molar-refractivity contribution in [1.29, 1.82) is 0 Å². The predicted octanol–water partition coefficient (Wildman–Crippen LogP) is 3.10. The number of anilines is 1. The normalized spacial score (nSPS) is 13.2. The Hall–Kier alpha value is -2.76. The highest BCUT2D eigenvalue weighted by molar-refractivity contribution is 6.06. The summed E-state index contributed by atoms with van der Waals surface area (Å²) >= 11 is 0. The van der Waals surface area contributed by atoms with Crippen LogP contribution in [0.5, 0.6) is 11.5 Å². The zero-order valence-corrected chi connectivity index (χ0v) is 15.2. The topological polar surface area (TPSA) is 80.6 Å². The van der Waals surface area contributed by atoms with E-state index in [0.717, 1.165) is 36.9 Å². The standard InChI is InChI=1S/C20H24N2O4/c1-3-11-22-16-10-5-4-9-15(16)18(23)17(20(22)25)19(24)21-13-7-6-8-14(12-13)26-2/h6-8,12,23H,3-5,9-11H2,1-2H3,(H,21,24). The molecule has 3 rings (SSSR count). The van der Waals surface area contributed by atoms with Crippen LogP contribution in [0.2, 0.25) is 0 Å². The van der Waals surface area contributed by atoms with Crippen LogP contribution in [0.25, 0.3) is 0 Å². The van der Waals surface area contributed by atoms with Crippen molar-refractivity contribution in [3.05, 3.63) is 51.4 Å². The first-order valence-corrected chi connectivity index (χ1v) is 8.99. The molecule has 1 aliphatic carbocycles. The van der Waals surface area contributed by atoms with Crippen LogP contribution < -0.4 is 15.6 Å². The fourth-order valence-electron chi connectivity index (χ4n) is 3.51. The van der Waals surface area contributed by atoms with E-state index in [2.05, 4.69) is 5.32 Å². The number of rotatable bonds is 5. The molecule has 1 aromatic heterocycles. The van der Waals surface area contributed by atoms with Crippen LogP contribution in [0, 0.1) is 0 Å². The zero-order chi connectivity index (χ0) is 18.7. The van der Waals surface area contributed by atoms with E-state index in [0.29, 0.717) is 24.4 Å². The molecule has 6 heteroatoms. The molecule has 0 saturated carbocycles. The summed E-state index contributed by atoms with van der Waals surface area (Å²) in [6, 6.07) is 6.88. The highest BCUT2D eigenvalue weighted by atomic mass is 16.5. The lowest BCUT2D eigenvalue weighted by Gasteiger charge is -2.23. The summed E-state index contributed by atoms with van der Waals surface area (Å²) in [7, 11) is 1.54. The Labute approximate surface area is 152 Å². The molecule has 0 fully saturated rings. The lowest BCUT2D eigenvalue weighted by Crippen LogP contribution is -2.33. The van der Waals surface area contributed by atoms with Crippen molar-refractivity contribution in [3.63, 3.8) is 0 Å². The monoisotopic (exact) mass is 356 g/mol. The Morgan fingerprint density at radius 2 is 2.08 bits per heavy atom. The van der Waals surface area contributed by atoms with Gasteiger partial charge in [-0.15, -0.1) is 0 Å². The van der Waals surface area contributed by atoms with Gasteiger partial charge in [-0.2, -0.15) is 0 Å². The molecule has 0 atom stereocenters. The zero-order valence-electron chi connectivity index (χ0n) is 15.2. The van der Waals surface area contributed by atoms with E-state index >= 15 is 0 Å². The van der Waals surface area contributed by atoms with Gasteiger partial charge in [-0.25, -0.2) is 0 Å². The molecule has 0 radical (unpaired) electrons. The van der Waals surface area contributed by atoms with Crippen molar-refractivity contribution >= 4 is 11.6 Å². The molecule has 6 nitrogen and oxygen atoms in total. The van der Waals surface area contributed by atoms with E-state index in [1.165, 1.54) is 0 Å². The predicted molar refractivity (Wildman–Crippen MR) is 100 cm³/mol. The van der Waals surface area contributed by atoms with Crippen LogP contribution in [-0.4, -0.2) is 22.7 Å². The summed E-state index contributed by atoms with van der Waals surface area (Å²) in [5, 5.41) is 13.4. The van der Waals surface area contributed by atoms with Gasteiger partial charge < -0.3 is 19.7 Å². The summed E-state index contributed by atoms with van der Waals surface area (Å²) in [5.41, 5.74) is 1.51. The maximum Gasteiger partial charge on any atom is 0.267 e. The highest BCUT2D eigenvalue weighted by Crippen LogP contribution is 2.30. The van der Waals surface area contributed by atoms with E-state index in [4.69, 9.17) is 4.74 Å². The summed E-state index contributed by atoms with van der Waals surface area (Å²) in [6.45, 7) is 2.53. The first-order chi connectivity index (χ1) is 12.6. The van der Waals surface area contributed by atoms with Gasteiger partial charge in [-0.3, -0.25) is 9.59 Å². The first-order valence-electron chi connectivity index (χ1n) is 8.99. The molecule has 2 aromatic rings. The first kappa shape index (κ1) is 18.0.